The number of H-pyrrole nitrogens is 1. The molecule has 0 unspecified atom stereocenters. The summed E-state index contributed by atoms with van der Waals surface area (Å²) in [5, 5.41) is 1.34. The normalized spacial score (nSPS) is 10.5. The van der Waals surface area contributed by atoms with Crippen LogP contribution < -0.4 is 0 Å². The maximum atomic E-state index is 3.73. The number of nitrogens with one attached hydrogen (secondary N) is 1. The monoisotopic (exact) mass is 171 g/mol. The molecule has 0 saturated heterocycles. The third-order valence-corrected chi connectivity index (χ3v) is 2.29. The molecule has 1 aromatic carbocycles. The Kier molecular flexibility index (Phi) is 2.17. The van der Waals surface area contributed by atoms with Crippen molar-refractivity contribution in [3.63, 3.8) is 0 Å². The molecule has 1 heteroatoms. The molecule has 0 radical (unpaired) electrons. The molecule has 1 heterocycles. The molecule has 1 nitrogen and oxygen atoms in total. The molecule has 1 aromatic heterocycles. The molecular formula is C12H13N. The van der Waals surface area contributed by atoms with E-state index < -0.39 is 0 Å². The fourth-order valence-electron chi connectivity index (χ4n) is 1.60. The van der Waals surface area contributed by atoms with Gasteiger partial charge >= 0.3 is 0 Å². The molecule has 0 fully saturated rings. The van der Waals surface area contributed by atoms with Gasteiger partial charge in [-0.15, -0.1) is 6.58 Å². The summed E-state index contributed by atoms with van der Waals surface area (Å²) in [6, 6.07) is 8.39. The van der Waals surface area contributed by atoms with Crippen LogP contribution in [0.1, 0.15) is 12.0 Å². The Morgan fingerprint density at radius 2 is 2.15 bits per heavy atom. The molecule has 0 spiro atoms. The van der Waals surface area contributed by atoms with E-state index in [4.69, 9.17) is 0 Å². The summed E-state index contributed by atoms with van der Waals surface area (Å²) in [4.78, 5) is 3.26. The quantitative estimate of drug-likeness (QED) is 0.682. The van der Waals surface area contributed by atoms with Crippen molar-refractivity contribution in [1.29, 1.82) is 0 Å². The summed E-state index contributed by atoms with van der Waals surface area (Å²) >= 11 is 0. The number of aromatic nitrogens is 1. The van der Waals surface area contributed by atoms with Gasteiger partial charge in [0.05, 0.1) is 0 Å². The van der Waals surface area contributed by atoms with Crippen LogP contribution in [0.25, 0.3) is 10.9 Å². The van der Waals surface area contributed by atoms with E-state index in [-0.39, 0.29) is 0 Å². The Hall–Kier alpha value is -1.50. The van der Waals surface area contributed by atoms with Gasteiger partial charge in [-0.05, 0) is 24.5 Å². The highest BCUT2D eigenvalue weighted by Gasteiger charge is 2.00. The van der Waals surface area contributed by atoms with E-state index in [0.29, 0.717) is 0 Å². The Balaban J connectivity index is 2.40. The number of aryl methyl sites for hydroxylation is 1. The molecule has 13 heavy (non-hydrogen) atoms. The van der Waals surface area contributed by atoms with Crippen LogP contribution in [0.15, 0.2) is 43.1 Å². The van der Waals surface area contributed by atoms with Crippen LogP contribution in [0.5, 0.6) is 0 Å². The number of hydrogen-bond acceptors (Lipinski definition) is 0. The second kappa shape index (κ2) is 3.48. The molecule has 0 saturated carbocycles. The Morgan fingerprint density at radius 1 is 1.31 bits per heavy atom. The molecule has 0 aliphatic heterocycles. The third kappa shape index (κ3) is 1.50. The first-order valence-electron chi connectivity index (χ1n) is 4.57. The van der Waals surface area contributed by atoms with E-state index in [9.17, 15) is 0 Å². The minimum Gasteiger partial charge on any atom is -0.361 e. The van der Waals surface area contributed by atoms with Crippen LogP contribution in [0.4, 0.5) is 0 Å². The van der Waals surface area contributed by atoms with Crippen molar-refractivity contribution in [1.82, 2.24) is 4.98 Å². The highest BCUT2D eigenvalue weighted by Crippen LogP contribution is 2.18. The van der Waals surface area contributed by atoms with Gasteiger partial charge in [0, 0.05) is 17.1 Å². The number of hydrogen-bond donors (Lipinski definition) is 1. The standard InChI is InChI=1S/C12H13N/c1-2-3-6-10-9-13-12-8-5-4-7-11(10)12/h2,4-5,7-9,13H,1,3,6H2. The van der Waals surface area contributed by atoms with E-state index >= 15 is 0 Å². The van der Waals surface area contributed by atoms with E-state index in [1.807, 2.05) is 6.08 Å². The summed E-state index contributed by atoms with van der Waals surface area (Å²) in [6.45, 7) is 3.73. The van der Waals surface area contributed by atoms with Crippen molar-refractivity contribution in [2.75, 3.05) is 0 Å². The lowest BCUT2D eigenvalue weighted by Crippen LogP contribution is -1.79. The first-order chi connectivity index (χ1) is 6.42. The van der Waals surface area contributed by atoms with Crippen LogP contribution in [0.3, 0.4) is 0 Å². The zero-order valence-electron chi connectivity index (χ0n) is 7.59. The first kappa shape index (κ1) is 8.11. The molecule has 0 bridgehead atoms. The van der Waals surface area contributed by atoms with Gasteiger partial charge in [-0.25, -0.2) is 0 Å². The average Bonchev–Trinajstić information content (AvgIpc) is 2.58. The lowest BCUT2D eigenvalue weighted by atomic mass is 10.1. The minimum absolute atomic E-state index is 1.04. The molecule has 0 aliphatic carbocycles. The largest absolute Gasteiger partial charge is 0.361 e. The van der Waals surface area contributed by atoms with Crippen LogP contribution in [-0.4, -0.2) is 4.98 Å². The fourth-order valence-corrected chi connectivity index (χ4v) is 1.60. The third-order valence-electron chi connectivity index (χ3n) is 2.29. The van der Waals surface area contributed by atoms with Gasteiger partial charge in [-0.1, -0.05) is 24.3 Å². The SMILES string of the molecule is C=CCCc1c[nH]c2ccccc12. The summed E-state index contributed by atoms with van der Waals surface area (Å²) in [5.41, 5.74) is 2.61. The highest BCUT2D eigenvalue weighted by molar-refractivity contribution is 5.82. The van der Waals surface area contributed by atoms with Crippen LogP contribution in [-0.2, 0) is 6.42 Å². The van der Waals surface area contributed by atoms with Gasteiger partial charge in [0.25, 0.3) is 0 Å². The van der Waals surface area contributed by atoms with E-state index in [1.165, 1.54) is 16.5 Å². The maximum absolute atomic E-state index is 3.73. The number of benzene rings is 1. The molecule has 2 rings (SSSR count). The molecular weight excluding hydrogens is 158 g/mol. The number of allylic oxidation sites excluding steroid dienone is 1. The topological polar surface area (TPSA) is 15.8 Å². The summed E-state index contributed by atoms with van der Waals surface area (Å²) in [7, 11) is 0. The van der Waals surface area contributed by atoms with Crippen LogP contribution in [0, 0.1) is 0 Å². The Morgan fingerprint density at radius 3 is 3.00 bits per heavy atom. The lowest BCUT2D eigenvalue weighted by molar-refractivity contribution is 1.01. The van der Waals surface area contributed by atoms with Crippen molar-refractivity contribution in [3.05, 3.63) is 48.7 Å². The lowest BCUT2D eigenvalue weighted by Gasteiger charge is -1.94. The summed E-state index contributed by atoms with van der Waals surface area (Å²) in [6.07, 6.45) is 6.17. The van der Waals surface area contributed by atoms with Crippen molar-refractivity contribution >= 4 is 10.9 Å². The van der Waals surface area contributed by atoms with Gasteiger partial charge in [0.1, 0.15) is 0 Å². The predicted molar refractivity (Wildman–Crippen MR) is 56.8 cm³/mol. The maximum Gasteiger partial charge on any atom is 0.0456 e. The van der Waals surface area contributed by atoms with Crippen LogP contribution in [0.2, 0.25) is 0 Å². The molecule has 0 atom stereocenters. The average molecular weight is 171 g/mol. The number of rotatable bonds is 3. The Bertz CT molecular complexity index is 412. The first-order valence-corrected chi connectivity index (χ1v) is 4.57. The van der Waals surface area contributed by atoms with E-state index in [1.54, 1.807) is 0 Å². The van der Waals surface area contributed by atoms with Gasteiger partial charge in [-0.2, -0.15) is 0 Å². The fraction of sp³-hybridized carbons (Fsp3) is 0.167. The van der Waals surface area contributed by atoms with Crippen molar-refractivity contribution in [2.45, 2.75) is 12.8 Å². The van der Waals surface area contributed by atoms with Crippen molar-refractivity contribution in [3.8, 4) is 0 Å². The van der Waals surface area contributed by atoms with Crippen molar-refractivity contribution < 1.29 is 0 Å². The van der Waals surface area contributed by atoms with Crippen molar-refractivity contribution in [2.24, 2.45) is 0 Å². The zero-order valence-corrected chi connectivity index (χ0v) is 7.59. The van der Waals surface area contributed by atoms with E-state index in [0.717, 1.165) is 12.8 Å². The summed E-state index contributed by atoms with van der Waals surface area (Å²) in [5.74, 6) is 0. The minimum atomic E-state index is 1.04. The molecule has 0 amide bonds. The predicted octanol–water partition coefficient (Wildman–Crippen LogP) is 3.29. The number of para-hydroxylation sites is 1. The number of fused-ring (bicyclic) bond motifs is 1. The molecule has 66 valence electrons. The Labute approximate surface area is 78.1 Å². The number of aromatic amines is 1. The zero-order chi connectivity index (χ0) is 9.10. The molecule has 0 aliphatic rings. The smallest absolute Gasteiger partial charge is 0.0456 e. The molecule has 1 N–H and O–H groups in total. The molecule has 2 aromatic rings. The van der Waals surface area contributed by atoms with Gasteiger partial charge < -0.3 is 4.98 Å². The second-order valence-electron chi connectivity index (χ2n) is 3.19. The van der Waals surface area contributed by atoms with Gasteiger partial charge in [0.15, 0.2) is 0 Å². The highest BCUT2D eigenvalue weighted by atomic mass is 14.7. The van der Waals surface area contributed by atoms with Gasteiger partial charge in [0.2, 0.25) is 0 Å². The van der Waals surface area contributed by atoms with E-state index in [2.05, 4.69) is 42.0 Å². The summed E-state index contributed by atoms with van der Waals surface area (Å²) < 4.78 is 0. The van der Waals surface area contributed by atoms with Gasteiger partial charge in [-0.3, -0.25) is 0 Å². The second-order valence-corrected chi connectivity index (χ2v) is 3.19. The van der Waals surface area contributed by atoms with Crippen LogP contribution >= 0.6 is 0 Å².